The van der Waals surface area contributed by atoms with Crippen LogP contribution in [0.5, 0.6) is 5.75 Å². The van der Waals surface area contributed by atoms with Gasteiger partial charge in [-0.25, -0.2) is 14.8 Å². The van der Waals surface area contributed by atoms with Gasteiger partial charge in [-0.3, -0.25) is 0 Å². The molecule has 0 unspecified atom stereocenters. The second kappa shape index (κ2) is 9.95. The number of nitrogens with zero attached hydrogens (tertiary/aromatic N) is 5. The van der Waals surface area contributed by atoms with Crippen molar-refractivity contribution in [1.82, 2.24) is 19.4 Å². The van der Waals surface area contributed by atoms with Crippen molar-refractivity contribution >= 4 is 17.1 Å². The van der Waals surface area contributed by atoms with Crippen LogP contribution in [-0.2, 0) is 11.8 Å². The summed E-state index contributed by atoms with van der Waals surface area (Å²) in [6.45, 7) is 9.78. The first kappa shape index (κ1) is 24.5. The van der Waals surface area contributed by atoms with E-state index in [0.29, 0.717) is 12.5 Å². The van der Waals surface area contributed by atoms with E-state index in [-0.39, 0.29) is 11.9 Å². The number of amides is 1. The van der Waals surface area contributed by atoms with Crippen molar-refractivity contribution in [3.63, 3.8) is 0 Å². The number of hydrogen-bond acceptors (Lipinski definition) is 6. The fourth-order valence-corrected chi connectivity index (χ4v) is 4.43. The molecule has 0 aliphatic carbocycles. The summed E-state index contributed by atoms with van der Waals surface area (Å²) >= 11 is 0. The number of likely N-dealkylation sites (tertiary alicyclic amines) is 1. The molecule has 0 spiro atoms. The molecule has 8 heteroatoms. The van der Waals surface area contributed by atoms with Crippen LogP contribution >= 0.6 is 0 Å². The second-order valence-corrected chi connectivity index (χ2v) is 10.2. The summed E-state index contributed by atoms with van der Waals surface area (Å²) in [5.74, 6) is 1.54. The number of rotatable bonds is 5. The first-order valence-corrected chi connectivity index (χ1v) is 12.1. The number of benzene rings is 1. The van der Waals surface area contributed by atoms with Crippen LogP contribution in [0.4, 0.5) is 4.79 Å². The summed E-state index contributed by atoms with van der Waals surface area (Å²) in [6.07, 6.45) is 4.57. The van der Waals surface area contributed by atoms with E-state index in [4.69, 9.17) is 9.47 Å². The minimum absolute atomic E-state index is 0.157. The fourth-order valence-electron chi connectivity index (χ4n) is 4.43. The Morgan fingerprint density at radius 2 is 1.94 bits per heavy atom. The normalized spacial score (nSPS) is 14.7. The maximum atomic E-state index is 12.3. The Labute approximate surface area is 206 Å². The molecule has 1 saturated heterocycles. The first-order valence-electron chi connectivity index (χ1n) is 12.1. The van der Waals surface area contributed by atoms with Crippen molar-refractivity contribution in [3.05, 3.63) is 41.9 Å². The summed E-state index contributed by atoms with van der Waals surface area (Å²) in [4.78, 5) is 22.9. The molecule has 0 atom stereocenters. The van der Waals surface area contributed by atoms with Gasteiger partial charge in [-0.1, -0.05) is 0 Å². The standard InChI is InChI=1S/C27H33N5O3/c1-18-16-20(24-21-10-12-31(5)25(21)30-23(17-28)29-24)6-7-22(18)34-15-11-19-8-13-32(14-9-19)26(33)35-27(2,3)4/h6-7,10,12,16,19H,8-9,11,13-15H2,1-5H3. The van der Waals surface area contributed by atoms with Crippen LogP contribution < -0.4 is 4.74 Å². The Kier molecular flexibility index (Phi) is 6.97. The number of carbonyl (C=O) groups excluding carboxylic acids is 1. The third-order valence-electron chi connectivity index (χ3n) is 6.32. The van der Waals surface area contributed by atoms with Crippen LogP contribution in [0.2, 0.25) is 0 Å². The maximum Gasteiger partial charge on any atom is 0.410 e. The monoisotopic (exact) mass is 475 g/mol. The minimum atomic E-state index is -0.465. The zero-order valence-electron chi connectivity index (χ0n) is 21.2. The van der Waals surface area contributed by atoms with Gasteiger partial charge in [-0.05, 0) is 82.7 Å². The molecular formula is C27H33N5O3. The molecule has 3 aromatic rings. The van der Waals surface area contributed by atoms with Gasteiger partial charge in [-0.15, -0.1) is 0 Å². The number of fused-ring (bicyclic) bond motifs is 1. The lowest BCUT2D eigenvalue weighted by Crippen LogP contribution is -2.41. The number of carbonyl (C=O) groups is 1. The van der Waals surface area contributed by atoms with Gasteiger partial charge in [0.1, 0.15) is 23.1 Å². The highest BCUT2D eigenvalue weighted by Crippen LogP contribution is 2.31. The van der Waals surface area contributed by atoms with Crippen LogP contribution in [0.15, 0.2) is 30.5 Å². The van der Waals surface area contributed by atoms with E-state index in [9.17, 15) is 10.1 Å². The molecular weight excluding hydrogens is 442 g/mol. The molecule has 3 heterocycles. The third-order valence-corrected chi connectivity index (χ3v) is 6.32. The van der Waals surface area contributed by atoms with Gasteiger partial charge < -0.3 is 18.9 Å². The van der Waals surface area contributed by atoms with Crippen LogP contribution in [0.1, 0.15) is 51.4 Å². The Balaban J connectivity index is 1.35. The quantitative estimate of drug-likeness (QED) is 0.501. The largest absolute Gasteiger partial charge is 0.493 e. The highest BCUT2D eigenvalue weighted by Gasteiger charge is 2.26. The van der Waals surface area contributed by atoms with E-state index in [1.165, 1.54) is 0 Å². The molecule has 1 aliphatic rings. The van der Waals surface area contributed by atoms with Crippen LogP contribution in [-0.4, -0.2) is 50.8 Å². The number of piperidine rings is 1. The summed E-state index contributed by atoms with van der Waals surface area (Å²) in [7, 11) is 1.91. The van der Waals surface area contributed by atoms with Gasteiger partial charge in [0.2, 0.25) is 5.82 Å². The van der Waals surface area contributed by atoms with Crippen molar-refractivity contribution in [2.45, 2.75) is 52.6 Å². The molecule has 8 nitrogen and oxygen atoms in total. The number of hydrogen-bond donors (Lipinski definition) is 0. The van der Waals surface area contributed by atoms with Crippen molar-refractivity contribution in [3.8, 4) is 23.1 Å². The number of ether oxygens (including phenoxy) is 2. The average molecular weight is 476 g/mol. The van der Waals surface area contributed by atoms with E-state index < -0.39 is 5.60 Å². The zero-order chi connectivity index (χ0) is 25.2. The summed E-state index contributed by atoms with van der Waals surface area (Å²) in [5, 5.41) is 10.3. The molecule has 1 amide bonds. The van der Waals surface area contributed by atoms with Gasteiger partial charge in [0, 0.05) is 37.3 Å². The van der Waals surface area contributed by atoms with Crippen molar-refractivity contribution in [1.29, 1.82) is 5.26 Å². The third kappa shape index (κ3) is 5.73. The van der Waals surface area contributed by atoms with Gasteiger partial charge in [-0.2, -0.15) is 5.26 Å². The predicted octanol–water partition coefficient (Wildman–Crippen LogP) is 5.23. The van der Waals surface area contributed by atoms with E-state index in [1.807, 2.05) is 69.8 Å². The topological polar surface area (TPSA) is 93.3 Å². The lowest BCUT2D eigenvalue weighted by atomic mass is 9.94. The van der Waals surface area contributed by atoms with Crippen LogP contribution in [0.25, 0.3) is 22.3 Å². The lowest BCUT2D eigenvalue weighted by Gasteiger charge is -2.33. The Morgan fingerprint density at radius 1 is 1.20 bits per heavy atom. The zero-order valence-corrected chi connectivity index (χ0v) is 21.2. The smallest absolute Gasteiger partial charge is 0.410 e. The number of aromatic nitrogens is 3. The predicted molar refractivity (Wildman–Crippen MR) is 134 cm³/mol. The molecule has 0 saturated carbocycles. The maximum absolute atomic E-state index is 12.3. The molecule has 4 rings (SSSR count). The molecule has 1 fully saturated rings. The van der Waals surface area contributed by atoms with Gasteiger partial charge in [0.25, 0.3) is 0 Å². The van der Waals surface area contributed by atoms with Crippen LogP contribution in [0.3, 0.4) is 0 Å². The highest BCUT2D eigenvalue weighted by atomic mass is 16.6. The van der Waals surface area contributed by atoms with Crippen molar-refractivity contribution in [2.24, 2.45) is 13.0 Å². The summed E-state index contributed by atoms with van der Waals surface area (Å²) in [6, 6.07) is 10.0. The first-order chi connectivity index (χ1) is 16.6. The van der Waals surface area contributed by atoms with E-state index in [2.05, 4.69) is 16.0 Å². The SMILES string of the molecule is Cc1cc(-c2nc(C#N)nc3c2ccn3C)ccc1OCCC1CCN(C(=O)OC(C)(C)C)CC1. The molecule has 2 aromatic heterocycles. The average Bonchev–Trinajstić information content (AvgIpc) is 3.19. The Hall–Kier alpha value is -3.60. The Bertz CT molecular complexity index is 1260. The van der Waals surface area contributed by atoms with E-state index in [1.54, 1.807) is 4.90 Å². The molecule has 35 heavy (non-hydrogen) atoms. The molecule has 1 aromatic carbocycles. The molecule has 0 radical (unpaired) electrons. The molecule has 1 aliphatic heterocycles. The summed E-state index contributed by atoms with van der Waals surface area (Å²) < 4.78 is 13.5. The number of aryl methyl sites for hydroxylation is 2. The van der Waals surface area contributed by atoms with E-state index in [0.717, 1.165) is 66.0 Å². The fraction of sp³-hybridized carbons (Fsp3) is 0.481. The van der Waals surface area contributed by atoms with Gasteiger partial charge in [0.15, 0.2) is 0 Å². The minimum Gasteiger partial charge on any atom is -0.493 e. The highest BCUT2D eigenvalue weighted by molar-refractivity contribution is 5.91. The second-order valence-electron chi connectivity index (χ2n) is 10.2. The number of nitriles is 1. The summed E-state index contributed by atoms with van der Waals surface area (Å²) in [5.41, 5.74) is 2.97. The van der Waals surface area contributed by atoms with Gasteiger partial charge >= 0.3 is 6.09 Å². The molecule has 184 valence electrons. The molecule has 0 bridgehead atoms. The van der Waals surface area contributed by atoms with Crippen molar-refractivity contribution in [2.75, 3.05) is 19.7 Å². The van der Waals surface area contributed by atoms with Gasteiger partial charge in [0.05, 0.1) is 12.3 Å². The lowest BCUT2D eigenvalue weighted by molar-refractivity contribution is 0.0177. The van der Waals surface area contributed by atoms with Crippen LogP contribution in [0, 0.1) is 24.2 Å². The van der Waals surface area contributed by atoms with E-state index >= 15 is 0 Å². The molecule has 0 N–H and O–H groups in total. The Morgan fingerprint density at radius 3 is 2.60 bits per heavy atom. The van der Waals surface area contributed by atoms with Crippen molar-refractivity contribution < 1.29 is 14.3 Å².